The summed E-state index contributed by atoms with van der Waals surface area (Å²) >= 11 is 1.39. The van der Waals surface area contributed by atoms with Gasteiger partial charge in [-0.3, -0.25) is 9.78 Å². The third-order valence-corrected chi connectivity index (χ3v) is 3.48. The summed E-state index contributed by atoms with van der Waals surface area (Å²) in [5, 5.41) is 5.24. The molecule has 18 heavy (non-hydrogen) atoms. The van der Waals surface area contributed by atoms with Crippen LogP contribution in [-0.2, 0) is 0 Å². The largest absolute Gasteiger partial charge is 0.322 e. The molecule has 1 amide bonds. The monoisotopic (exact) mass is 262 g/mol. The highest BCUT2D eigenvalue weighted by molar-refractivity contribution is 7.09. The van der Waals surface area contributed by atoms with Crippen molar-refractivity contribution in [3.05, 3.63) is 40.1 Å². The van der Waals surface area contributed by atoms with Gasteiger partial charge in [0.1, 0.15) is 10.7 Å². The molecular weight excluding hydrogens is 248 g/mol. The summed E-state index contributed by atoms with van der Waals surface area (Å²) in [4.78, 5) is 20.1. The number of aromatic nitrogens is 2. The first kappa shape index (κ1) is 12.7. The molecule has 0 aliphatic carbocycles. The van der Waals surface area contributed by atoms with Crippen LogP contribution in [0.2, 0.25) is 0 Å². The van der Waals surface area contributed by atoms with Crippen LogP contribution in [0.5, 0.6) is 0 Å². The second-order valence-electron chi connectivity index (χ2n) is 4.00. The van der Waals surface area contributed by atoms with E-state index in [1.54, 1.807) is 17.8 Å². The summed E-state index contributed by atoms with van der Waals surface area (Å²) in [5.41, 5.74) is 7.75. The first-order chi connectivity index (χ1) is 8.58. The van der Waals surface area contributed by atoms with Gasteiger partial charge in [-0.05, 0) is 25.5 Å². The molecule has 3 N–H and O–H groups in total. The lowest BCUT2D eigenvalue weighted by Gasteiger charge is -2.05. The van der Waals surface area contributed by atoms with Crippen molar-refractivity contribution in [2.75, 3.05) is 5.32 Å². The Hall–Kier alpha value is -1.79. The van der Waals surface area contributed by atoms with Crippen molar-refractivity contribution in [2.24, 2.45) is 5.73 Å². The Morgan fingerprint density at radius 2 is 2.33 bits per heavy atom. The molecule has 0 aliphatic heterocycles. The SMILES string of the molecule is Cc1ccncc1NC(=O)c1csc(C(C)N)n1. The van der Waals surface area contributed by atoms with Crippen molar-refractivity contribution in [3.8, 4) is 0 Å². The van der Waals surface area contributed by atoms with Gasteiger partial charge in [0.15, 0.2) is 0 Å². The maximum atomic E-state index is 12.0. The molecule has 2 heterocycles. The molecule has 0 radical (unpaired) electrons. The van der Waals surface area contributed by atoms with Gasteiger partial charge < -0.3 is 11.1 Å². The zero-order valence-electron chi connectivity index (χ0n) is 10.2. The van der Waals surface area contributed by atoms with E-state index in [1.807, 2.05) is 19.9 Å². The summed E-state index contributed by atoms with van der Waals surface area (Å²) in [6, 6.07) is 1.68. The molecular formula is C12H14N4OS. The summed E-state index contributed by atoms with van der Waals surface area (Å²) < 4.78 is 0. The second kappa shape index (κ2) is 5.24. The van der Waals surface area contributed by atoms with E-state index in [2.05, 4.69) is 15.3 Å². The highest BCUT2D eigenvalue weighted by Crippen LogP contribution is 2.18. The average molecular weight is 262 g/mol. The van der Waals surface area contributed by atoms with Crippen molar-refractivity contribution in [1.29, 1.82) is 0 Å². The Bertz CT molecular complexity index is 565. The van der Waals surface area contributed by atoms with E-state index < -0.39 is 0 Å². The van der Waals surface area contributed by atoms with Crippen molar-refractivity contribution >= 4 is 22.9 Å². The predicted molar refractivity (Wildman–Crippen MR) is 71.6 cm³/mol. The Kier molecular flexibility index (Phi) is 3.69. The molecule has 2 rings (SSSR count). The van der Waals surface area contributed by atoms with Gasteiger partial charge in [0, 0.05) is 11.6 Å². The molecule has 0 bridgehead atoms. The molecule has 0 aliphatic rings. The van der Waals surface area contributed by atoms with Gasteiger partial charge in [0.05, 0.1) is 17.9 Å². The maximum Gasteiger partial charge on any atom is 0.275 e. The molecule has 94 valence electrons. The number of nitrogens with one attached hydrogen (secondary N) is 1. The number of amides is 1. The lowest BCUT2D eigenvalue weighted by molar-refractivity contribution is 0.102. The van der Waals surface area contributed by atoms with E-state index in [-0.39, 0.29) is 11.9 Å². The number of nitrogens with zero attached hydrogens (tertiary/aromatic N) is 2. The molecule has 0 saturated heterocycles. The molecule has 0 aromatic carbocycles. The normalized spacial score (nSPS) is 12.2. The summed E-state index contributed by atoms with van der Waals surface area (Å²) in [6.07, 6.45) is 3.30. The first-order valence-electron chi connectivity index (χ1n) is 5.51. The van der Waals surface area contributed by atoms with Gasteiger partial charge >= 0.3 is 0 Å². The summed E-state index contributed by atoms with van der Waals surface area (Å²) in [6.45, 7) is 3.75. The van der Waals surface area contributed by atoms with Crippen LogP contribution in [0.25, 0.3) is 0 Å². The molecule has 6 heteroatoms. The summed E-state index contributed by atoms with van der Waals surface area (Å²) in [7, 11) is 0. The molecule has 2 aromatic heterocycles. The number of anilines is 1. The number of hydrogen-bond donors (Lipinski definition) is 2. The molecule has 1 atom stereocenters. The van der Waals surface area contributed by atoms with Crippen molar-refractivity contribution in [3.63, 3.8) is 0 Å². The maximum absolute atomic E-state index is 12.0. The van der Waals surface area contributed by atoms with Crippen molar-refractivity contribution < 1.29 is 4.79 Å². The Morgan fingerprint density at radius 3 is 2.94 bits per heavy atom. The van der Waals surface area contributed by atoms with Gasteiger partial charge in [-0.25, -0.2) is 4.98 Å². The molecule has 2 aromatic rings. The van der Waals surface area contributed by atoms with Crippen LogP contribution < -0.4 is 11.1 Å². The third-order valence-electron chi connectivity index (χ3n) is 2.43. The Morgan fingerprint density at radius 1 is 1.56 bits per heavy atom. The van der Waals surface area contributed by atoms with Crippen LogP contribution in [0.1, 0.15) is 34.0 Å². The van der Waals surface area contributed by atoms with Crippen LogP contribution in [0.3, 0.4) is 0 Å². The quantitative estimate of drug-likeness (QED) is 0.887. The van der Waals surface area contributed by atoms with Gasteiger partial charge in [0.2, 0.25) is 0 Å². The van der Waals surface area contributed by atoms with Crippen molar-refractivity contribution in [1.82, 2.24) is 9.97 Å². The number of pyridine rings is 1. The zero-order valence-corrected chi connectivity index (χ0v) is 11.0. The number of rotatable bonds is 3. The molecule has 0 saturated carbocycles. The van der Waals surface area contributed by atoms with Crippen LogP contribution in [-0.4, -0.2) is 15.9 Å². The third kappa shape index (κ3) is 2.72. The zero-order chi connectivity index (χ0) is 13.1. The first-order valence-corrected chi connectivity index (χ1v) is 6.39. The topological polar surface area (TPSA) is 80.9 Å². The number of carbonyl (C=O) groups is 1. The number of nitrogens with two attached hydrogens (primary N) is 1. The second-order valence-corrected chi connectivity index (χ2v) is 4.89. The van der Waals surface area contributed by atoms with E-state index in [4.69, 9.17) is 5.73 Å². The van der Waals surface area contributed by atoms with Gasteiger partial charge in [0.25, 0.3) is 5.91 Å². The van der Waals surface area contributed by atoms with E-state index >= 15 is 0 Å². The fourth-order valence-corrected chi connectivity index (χ4v) is 2.14. The highest BCUT2D eigenvalue weighted by Gasteiger charge is 2.13. The minimum Gasteiger partial charge on any atom is -0.322 e. The number of thiazole rings is 1. The van der Waals surface area contributed by atoms with E-state index in [0.29, 0.717) is 11.4 Å². The smallest absolute Gasteiger partial charge is 0.275 e. The fourth-order valence-electron chi connectivity index (χ4n) is 1.38. The van der Waals surface area contributed by atoms with Crippen LogP contribution in [0.4, 0.5) is 5.69 Å². The average Bonchev–Trinajstić information content (AvgIpc) is 2.81. The van der Waals surface area contributed by atoms with Gasteiger partial charge in [-0.1, -0.05) is 0 Å². The van der Waals surface area contributed by atoms with E-state index in [1.165, 1.54) is 11.3 Å². The number of carbonyl (C=O) groups excluding carboxylic acids is 1. The number of aryl methyl sites for hydroxylation is 1. The molecule has 5 nitrogen and oxygen atoms in total. The Labute approximate surface area is 109 Å². The van der Waals surface area contributed by atoms with Gasteiger partial charge in [-0.15, -0.1) is 11.3 Å². The van der Waals surface area contributed by atoms with Crippen LogP contribution >= 0.6 is 11.3 Å². The standard InChI is InChI=1S/C12H14N4OS/c1-7-3-4-14-5-9(7)15-11(17)10-6-18-12(16-10)8(2)13/h3-6,8H,13H2,1-2H3,(H,15,17). The molecule has 0 spiro atoms. The number of hydrogen-bond acceptors (Lipinski definition) is 5. The van der Waals surface area contributed by atoms with Crippen LogP contribution in [0.15, 0.2) is 23.8 Å². The highest BCUT2D eigenvalue weighted by atomic mass is 32.1. The predicted octanol–water partition coefficient (Wildman–Crippen LogP) is 2.12. The molecule has 0 fully saturated rings. The van der Waals surface area contributed by atoms with E-state index in [0.717, 1.165) is 10.6 Å². The lowest BCUT2D eigenvalue weighted by Crippen LogP contribution is -2.14. The fraction of sp³-hybridized carbons (Fsp3) is 0.250. The minimum atomic E-state index is -0.241. The summed E-state index contributed by atoms with van der Waals surface area (Å²) in [5.74, 6) is -0.241. The molecule has 1 unspecified atom stereocenters. The van der Waals surface area contributed by atoms with Crippen LogP contribution in [0, 0.1) is 6.92 Å². The minimum absolute atomic E-state index is 0.156. The van der Waals surface area contributed by atoms with E-state index in [9.17, 15) is 4.79 Å². The Balaban J connectivity index is 2.15. The van der Waals surface area contributed by atoms with Gasteiger partial charge in [-0.2, -0.15) is 0 Å². The lowest BCUT2D eigenvalue weighted by atomic mass is 10.2. The van der Waals surface area contributed by atoms with Crippen molar-refractivity contribution in [2.45, 2.75) is 19.9 Å².